The minimum absolute atomic E-state index is 0.301. The van der Waals surface area contributed by atoms with E-state index >= 15 is 0 Å². The van der Waals surface area contributed by atoms with Crippen LogP contribution in [0.5, 0.6) is 0 Å². The smallest absolute Gasteiger partial charge is 0.0431 e. The van der Waals surface area contributed by atoms with Crippen molar-refractivity contribution in [2.24, 2.45) is 0 Å². The average molecular weight is 270 g/mol. The molecule has 0 aliphatic heterocycles. The van der Waals surface area contributed by atoms with Crippen LogP contribution in [0.15, 0.2) is 24.3 Å². The van der Waals surface area contributed by atoms with E-state index in [-0.39, 0.29) is 0 Å². The van der Waals surface area contributed by atoms with Crippen LogP contribution in [0.4, 0.5) is 0 Å². The van der Waals surface area contributed by atoms with Crippen LogP contribution < -0.4 is 5.32 Å². The maximum atomic E-state index is 8.73. The van der Waals surface area contributed by atoms with Gasteiger partial charge < -0.3 is 10.4 Å². The first-order chi connectivity index (χ1) is 8.77. The van der Waals surface area contributed by atoms with Crippen molar-refractivity contribution in [2.75, 3.05) is 13.2 Å². The van der Waals surface area contributed by atoms with Crippen molar-refractivity contribution in [2.45, 2.75) is 45.1 Å². The lowest BCUT2D eigenvalue weighted by Gasteiger charge is -2.18. The molecule has 102 valence electrons. The van der Waals surface area contributed by atoms with Gasteiger partial charge in [-0.1, -0.05) is 37.1 Å². The second kappa shape index (κ2) is 9.37. The molecule has 2 nitrogen and oxygen atoms in total. The van der Waals surface area contributed by atoms with Gasteiger partial charge in [-0.3, -0.25) is 0 Å². The molecule has 0 spiro atoms. The lowest BCUT2D eigenvalue weighted by molar-refractivity contribution is 0.282. The zero-order valence-electron chi connectivity index (χ0n) is 11.2. The Morgan fingerprint density at radius 2 is 1.89 bits per heavy atom. The van der Waals surface area contributed by atoms with Crippen LogP contribution in [0.3, 0.4) is 0 Å². The monoisotopic (exact) mass is 269 g/mol. The summed E-state index contributed by atoms with van der Waals surface area (Å²) in [6, 6.07) is 8.52. The van der Waals surface area contributed by atoms with Gasteiger partial charge in [0.05, 0.1) is 0 Å². The van der Waals surface area contributed by atoms with Gasteiger partial charge in [0, 0.05) is 17.7 Å². The Bertz CT molecular complexity index is 313. The van der Waals surface area contributed by atoms with E-state index in [0.29, 0.717) is 12.6 Å². The van der Waals surface area contributed by atoms with Crippen LogP contribution in [0.2, 0.25) is 5.02 Å². The van der Waals surface area contributed by atoms with Crippen molar-refractivity contribution in [1.82, 2.24) is 5.32 Å². The van der Waals surface area contributed by atoms with Crippen molar-refractivity contribution in [1.29, 1.82) is 0 Å². The largest absolute Gasteiger partial charge is 0.396 e. The normalized spacial score (nSPS) is 12.6. The number of halogens is 1. The molecule has 0 amide bonds. The van der Waals surface area contributed by atoms with Crippen LogP contribution >= 0.6 is 11.6 Å². The van der Waals surface area contributed by atoms with Crippen LogP contribution in [-0.2, 0) is 0 Å². The standard InChI is InChI=1S/C15H24ClNO/c1-2-6-15(17-11-4-3-5-12-18)13-7-9-14(16)10-8-13/h7-10,15,17-18H,2-6,11-12H2,1H3. The molecule has 0 radical (unpaired) electrons. The maximum Gasteiger partial charge on any atom is 0.0431 e. The highest BCUT2D eigenvalue weighted by atomic mass is 35.5. The van der Waals surface area contributed by atoms with Gasteiger partial charge in [0.1, 0.15) is 0 Å². The first-order valence-electron chi connectivity index (χ1n) is 6.87. The van der Waals surface area contributed by atoms with E-state index in [1.807, 2.05) is 12.1 Å². The first kappa shape index (κ1) is 15.5. The summed E-state index contributed by atoms with van der Waals surface area (Å²) in [6.07, 6.45) is 5.41. The average Bonchev–Trinajstić information content (AvgIpc) is 2.38. The molecule has 2 N–H and O–H groups in total. The Kier molecular flexibility index (Phi) is 8.06. The fourth-order valence-corrected chi connectivity index (χ4v) is 2.19. The van der Waals surface area contributed by atoms with Crippen LogP contribution in [0, 0.1) is 0 Å². The van der Waals surface area contributed by atoms with Gasteiger partial charge >= 0.3 is 0 Å². The van der Waals surface area contributed by atoms with Crippen molar-refractivity contribution in [3.63, 3.8) is 0 Å². The Hall–Kier alpha value is -0.570. The van der Waals surface area contributed by atoms with E-state index in [2.05, 4.69) is 24.4 Å². The number of hydrogen-bond acceptors (Lipinski definition) is 2. The number of aliphatic hydroxyl groups is 1. The molecule has 0 aliphatic carbocycles. The Morgan fingerprint density at radius 3 is 2.50 bits per heavy atom. The fraction of sp³-hybridized carbons (Fsp3) is 0.600. The zero-order valence-corrected chi connectivity index (χ0v) is 11.9. The fourth-order valence-electron chi connectivity index (χ4n) is 2.06. The molecule has 0 saturated carbocycles. The molecule has 1 aromatic carbocycles. The first-order valence-corrected chi connectivity index (χ1v) is 7.25. The van der Waals surface area contributed by atoms with E-state index in [9.17, 15) is 0 Å². The van der Waals surface area contributed by atoms with Gasteiger partial charge in [-0.15, -0.1) is 0 Å². The molecule has 0 bridgehead atoms. The molecule has 3 heteroatoms. The summed E-state index contributed by atoms with van der Waals surface area (Å²) < 4.78 is 0. The summed E-state index contributed by atoms with van der Waals surface area (Å²) in [5.74, 6) is 0. The number of rotatable bonds is 9. The molecule has 0 fully saturated rings. The third-order valence-electron chi connectivity index (χ3n) is 3.08. The van der Waals surface area contributed by atoms with Gasteiger partial charge in [-0.2, -0.15) is 0 Å². The molecule has 0 saturated heterocycles. The number of unbranched alkanes of at least 4 members (excludes halogenated alkanes) is 2. The van der Waals surface area contributed by atoms with Crippen LogP contribution in [-0.4, -0.2) is 18.3 Å². The summed E-state index contributed by atoms with van der Waals surface area (Å²) >= 11 is 5.91. The van der Waals surface area contributed by atoms with Crippen molar-refractivity contribution in [3.05, 3.63) is 34.9 Å². The van der Waals surface area contributed by atoms with E-state index in [1.165, 1.54) is 5.56 Å². The molecule has 1 atom stereocenters. The zero-order chi connectivity index (χ0) is 13.2. The Labute approximate surface area is 115 Å². The molecule has 1 rings (SSSR count). The highest BCUT2D eigenvalue weighted by molar-refractivity contribution is 6.30. The Morgan fingerprint density at radius 1 is 1.17 bits per heavy atom. The van der Waals surface area contributed by atoms with Crippen LogP contribution in [0.25, 0.3) is 0 Å². The lowest BCUT2D eigenvalue weighted by Crippen LogP contribution is -2.22. The third kappa shape index (κ3) is 5.85. The van der Waals surface area contributed by atoms with Gasteiger partial charge in [0.15, 0.2) is 0 Å². The number of nitrogens with one attached hydrogen (secondary N) is 1. The highest BCUT2D eigenvalue weighted by Gasteiger charge is 2.09. The number of aliphatic hydroxyl groups excluding tert-OH is 1. The lowest BCUT2D eigenvalue weighted by atomic mass is 10.0. The molecule has 0 aromatic heterocycles. The second-order valence-corrected chi connectivity index (χ2v) is 5.07. The summed E-state index contributed by atoms with van der Waals surface area (Å²) in [5.41, 5.74) is 1.31. The minimum Gasteiger partial charge on any atom is -0.396 e. The van der Waals surface area contributed by atoms with Crippen molar-refractivity contribution >= 4 is 11.6 Å². The molecular weight excluding hydrogens is 246 g/mol. The van der Waals surface area contributed by atoms with Crippen molar-refractivity contribution < 1.29 is 5.11 Å². The maximum absolute atomic E-state index is 8.73. The van der Waals surface area contributed by atoms with E-state index in [0.717, 1.165) is 43.7 Å². The summed E-state index contributed by atoms with van der Waals surface area (Å²) in [6.45, 7) is 3.51. The molecule has 0 heterocycles. The SMILES string of the molecule is CCCC(NCCCCCO)c1ccc(Cl)cc1. The molecule has 1 unspecified atom stereocenters. The summed E-state index contributed by atoms with van der Waals surface area (Å²) in [7, 11) is 0. The predicted octanol–water partition coefficient (Wildman–Crippen LogP) is 3.93. The second-order valence-electron chi connectivity index (χ2n) is 4.63. The minimum atomic E-state index is 0.301. The molecule has 1 aromatic rings. The third-order valence-corrected chi connectivity index (χ3v) is 3.33. The summed E-state index contributed by atoms with van der Waals surface area (Å²) in [4.78, 5) is 0. The van der Waals surface area contributed by atoms with Gasteiger partial charge in [0.25, 0.3) is 0 Å². The highest BCUT2D eigenvalue weighted by Crippen LogP contribution is 2.20. The molecular formula is C15H24ClNO. The van der Waals surface area contributed by atoms with Crippen LogP contribution in [0.1, 0.15) is 50.6 Å². The topological polar surface area (TPSA) is 32.3 Å². The molecule has 0 aliphatic rings. The van der Waals surface area contributed by atoms with E-state index in [4.69, 9.17) is 16.7 Å². The van der Waals surface area contributed by atoms with Crippen molar-refractivity contribution in [3.8, 4) is 0 Å². The number of hydrogen-bond donors (Lipinski definition) is 2. The van der Waals surface area contributed by atoms with Gasteiger partial charge in [-0.05, 0) is 49.9 Å². The van der Waals surface area contributed by atoms with Gasteiger partial charge in [0.2, 0.25) is 0 Å². The predicted molar refractivity (Wildman–Crippen MR) is 78.0 cm³/mol. The Balaban J connectivity index is 2.41. The number of benzene rings is 1. The quantitative estimate of drug-likeness (QED) is 0.666. The van der Waals surface area contributed by atoms with E-state index < -0.39 is 0 Å². The van der Waals surface area contributed by atoms with Gasteiger partial charge in [-0.25, -0.2) is 0 Å². The van der Waals surface area contributed by atoms with E-state index in [1.54, 1.807) is 0 Å². The molecule has 18 heavy (non-hydrogen) atoms. The summed E-state index contributed by atoms with van der Waals surface area (Å²) in [5, 5.41) is 13.1.